The van der Waals surface area contributed by atoms with Crippen molar-refractivity contribution in [2.24, 2.45) is 0 Å². The summed E-state index contributed by atoms with van der Waals surface area (Å²) in [5.41, 5.74) is 1.49. The van der Waals surface area contributed by atoms with Gasteiger partial charge in [0.15, 0.2) is 5.58 Å². The highest BCUT2D eigenvalue weighted by molar-refractivity contribution is 7.71. The Morgan fingerprint density at radius 3 is 2.93 bits per heavy atom. The molecule has 0 saturated carbocycles. The second-order valence-electron chi connectivity index (χ2n) is 3.30. The van der Waals surface area contributed by atoms with Gasteiger partial charge in [0, 0.05) is 5.39 Å². The summed E-state index contributed by atoms with van der Waals surface area (Å²) in [7, 11) is 0. The number of hydrogen-bond acceptors (Lipinski definition) is 2. The van der Waals surface area contributed by atoms with Crippen LogP contribution in [0, 0.1) is 4.84 Å². The Bertz CT molecular complexity index is 713. The highest BCUT2D eigenvalue weighted by Crippen LogP contribution is 2.30. The van der Waals surface area contributed by atoms with Crippen LogP contribution in [0.4, 0.5) is 0 Å². The van der Waals surface area contributed by atoms with Crippen LogP contribution >= 0.6 is 23.8 Å². The van der Waals surface area contributed by atoms with Crippen molar-refractivity contribution in [1.82, 2.24) is 4.98 Å². The van der Waals surface area contributed by atoms with Crippen molar-refractivity contribution in [3.05, 3.63) is 40.2 Å². The molecule has 0 amide bonds. The van der Waals surface area contributed by atoms with Gasteiger partial charge in [-0.3, -0.25) is 0 Å². The quantitative estimate of drug-likeness (QED) is 0.589. The fraction of sp³-hybridized carbons (Fsp3) is 0. The van der Waals surface area contributed by atoms with Crippen LogP contribution in [0.3, 0.4) is 0 Å². The van der Waals surface area contributed by atoms with Gasteiger partial charge in [-0.1, -0.05) is 35.9 Å². The molecule has 4 heteroatoms. The monoisotopic (exact) mass is 235 g/mol. The first-order valence-corrected chi connectivity index (χ1v) is 5.24. The van der Waals surface area contributed by atoms with Crippen LogP contribution in [0.25, 0.3) is 21.9 Å². The smallest absolute Gasteiger partial charge is 0.266 e. The Kier molecular flexibility index (Phi) is 1.84. The fourth-order valence-electron chi connectivity index (χ4n) is 1.74. The van der Waals surface area contributed by atoms with Gasteiger partial charge in [0.2, 0.25) is 0 Å². The molecule has 2 nitrogen and oxygen atoms in total. The summed E-state index contributed by atoms with van der Waals surface area (Å²) in [5, 5.41) is 2.72. The van der Waals surface area contributed by atoms with Crippen LogP contribution in [-0.2, 0) is 0 Å². The van der Waals surface area contributed by atoms with Crippen LogP contribution in [-0.4, -0.2) is 4.98 Å². The summed E-state index contributed by atoms with van der Waals surface area (Å²) in [4.78, 5) is 3.36. The lowest BCUT2D eigenvalue weighted by Crippen LogP contribution is -1.76. The number of aromatic nitrogens is 1. The summed E-state index contributed by atoms with van der Waals surface area (Å²) in [5.74, 6) is 0. The molecule has 0 saturated heterocycles. The molecular weight excluding hydrogens is 230 g/mol. The maximum Gasteiger partial charge on any atom is 0.266 e. The number of halogens is 1. The van der Waals surface area contributed by atoms with Gasteiger partial charge in [-0.2, -0.15) is 0 Å². The number of fused-ring (bicyclic) bond motifs is 3. The van der Waals surface area contributed by atoms with E-state index in [4.69, 9.17) is 28.2 Å². The molecule has 1 heterocycles. The molecule has 15 heavy (non-hydrogen) atoms. The lowest BCUT2D eigenvalue weighted by Gasteiger charge is -1.99. The second-order valence-corrected chi connectivity index (χ2v) is 4.08. The molecule has 3 rings (SSSR count). The third-order valence-corrected chi connectivity index (χ3v) is 2.84. The topological polar surface area (TPSA) is 28.9 Å². The van der Waals surface area contributed by atoms with Gasteiger partial charge in [0.1, 0.15) is 0 Å². The van der Waals surface area contributed by atoms with E-state index in [0.29, 0.717) is 15.4 Å². The third-order valence-electron chi connectivity index (χ3n) is 2.38. The van der Waals surface area contributed by atoms with E-state index in [-0.39, 0.29) is 0 Å². The fourth-order valence-corrected chi connectivity index (χ4v) is 2.17. The molecular formula is C11H6ClNOS. The summed E-state index contributed by atoms with van der Waals surface area (Å²) in [6.07, 6.45) is 0. The van der Waals surface area contributed by atoms with E-state index in [0.717, 1.165) is 16.3 Å². The molecule has 74 valence electrons. The van der Waals surface area contributed by atoms with Crippen molar-refractivity contribution in [2.45, 2.75) is 0 Å². The van der Waals surface area contributed by atoms with Gasteiger partial charge < -0.3 is 9.40 Å². The van der Waals surface area contributed by atoms with E-state index in [1.807, 2.05) is 30.3 Å². The molecule has 0 bridgehead atoms. The SMILES string of the molecule is S=c1[nH]c2c(o1)c(Cl)cc1ccccc12. The number of aromatic amines is 1. The molecule has 0 atom stereocenters. The van der Waals surface area contributed by atoms with Crippen molar-refractivity contribution in [1.29, 1.82) is 0 Å². The number of nitrogens with one attached hydrogen (secondary N) is 1. The highest BCUT2D eigenvalue weighted by Gasteiger charge is 2.08. The lowest BCUT2D eigenvalue weighted by atomic mass is 10.1. The van der Waals surface area contributed by atoms with E-state index in [2.05, 4.69) is 4.98 Å². The van der Waals surface area contributed by atoms with E-state index < -0.39 is 0 Å². The molecule has 0 unspecified atom stereocenters. The Morgan fingerprint density at radius 1 is 1.27 bits per heavy atom. The van der Waals surface area contributed by atoms with Gasteiger partial charge in [-0.15, -0.1) is 0 Å². The largest absolute Gasteiger partial charge is 0.428 e. The molecule has 0 aliphatic heterocycles. The zero-order valence-corrected chi connectivity index (χ0v) is 9.15. The summed E-state index contributed by atoms with van der Waals surface area (Å²) < 4.78 is 5.33. The number of benzene rings is 2. The minimum absolute atomic E-state index is 0.350. The van der Waals surface area contributed by atoms with Crippen molar-refractivity contribution in [2.75, 3.05) is 0 Å². The van der Waals surface area contributed by atoms with Gasteiger partial charge in [0.25, 0.3) is 4.84 Å². The van der Waals surface area contributed by atoms with Crippen molar-refractivity contribution < 1.29 is 4.42 Å². The first-order chi connectivity index (χ1) is 7.25. The maximum absolute atomic E-state index is 6.09. The maximum atomic E-state index is 6.09. The van der Waals surface area contributed by atoms with Crippen molar-refractivity contribution in [3.63, 3.8) is 0 Å². The average molecular weight is 236 g/mol. The number of rotatable bonds is 0. The molecule has 2 aromatic carbocycles. The lowest BCUT2D eigenvalue weighted by molar-refractivity contribution is 0.583. The molecule has 0 radical (unpaired) electrons. The molecule has 0 aliphatic carbocycles. The van der Waals surface area contributed by atoms with Gasteiger partial charge >= 0.3 is 0 Å². The number of H-pyrrole nitrogens is 1. The molecule has 1 aromatic heterocycles. The van der Waals surface area contributed by atoms with E-state index in [1.165, 1.54) is 0 Å². The zero-order valence-electron chi connectivity index (χ0n) is 7.58. The predicted octanol–water partition coefficient (Wildman–Crippen LogP) is 4.30. The van der Waals surface area contributed by atoms with Crippen LogP contribution in [0.5, 0.6) is 0 Å². The van der Waals surface area contributed by atoms with E-state index in [9.17, 15) is 0 Å². The third kappa shape index (κ3) is 1.28. The Hall–Kier alpha value is -1.32. The van der Waals surface area contributed by atoms with Gasteiger partial charge in [0.05, 0.1) is 10.5 Å². The van der Waals surface area contributed by atoms with Gasteiger partial charge in [-0.25, -0.2) is 0 Å². The van der Waals surface area contributed by atoms with Crippen LogP contribution in [0.15, 0.2) is 34.7 Å². The van der Waals surface area contributed by atoms with E-state index >= 15 is 0 Å². The highest BCUT2D eigenvalue weighted by atomic mass is 35.5. The summed E-state index contributed by atoms with van der Waals surface area (Å²) in [6, 6.07) is 9.84. The van der Waals surface area contributed by atoms with Crippen molar-refractivity contribution >= 4 is 45.7 Å². The molecule has 0 fully saturated rings. The minimum Gasteiger partial charge on any atom is -0.428 e. The average Bonchev–Trinajstić information content (AvgIpc) is 2.61. The molecule has 0 aliphatic rings. The Balaban J connectivity index is 2.69. The predicted molar refractivity (Wildman–Crippen MR) is 63.9 cm³/mol. The minimum atomic E-state index is 0.350. The normalized spacial score (nSPS) is 11.3. The van der Waals surface area contributed by atoms with Crippen LogP contribution in [0.1, 0.15) is 0 Å². The second kappa shape index (κ2) is 3.08. The standard InChI is InChI=1S/C11H6ClNOS/c12-8-5-6-3-1-2-4-7(6)9-10(8)14-11(15)13-9/h1-5H,(H,13,15). The first-order valence-electron chi connectivity index (χ1n) is 4.46. The zero-order chi connectivity index (χ0) is 10.4. The van der Waals surface area contributed by atoms with E-state index in [1.54, 1.807) is 0 Å². The Morgan fingerprint density at radius 2 is 2.07 bits per heavy atom. The van der Waals surface area contributed by atoms with Gasteiger partial charge in [-0.05, 0) is 23.7 Å². The molecule has 1 N–H and O–H groups in total. The summed E-state index contributed by atoms with van der Waals surface area (Å²) >= 11 is 11.0. The van der Waals surface area contributed by atoms with Crippen LogP contribution in [0.2, 0.25) is 5.02 Å². The summed E-state index contributed by atoms with van der Waals surface area (Å²) in [6.45, 7) is 0. The first kappa shape index (κ1) is 8.95. The van der Waals surface area contributed by atoms with Crippen molar-refractivity contribution in [3.8, 4) is 0 Å². The Labute approximate surface area is 95.5 Å². The van der Waals surface area contributed by atoms with Crippen LogP contribution < -0.4 is 0 Å². The molecule has 0 spiro atoms. The molecule has 3 aromatic rings. The number of oxazole rings is 1. The number of hydrogen-bond donors (Lipinski definition) is 1.